The van der Waals surface area contributed by atoms with Gasteiger partial charge in [0.25, 0.3) is 16.0 Å². The summed E-state index contributed by atoms with van der Waals surface area (Å²) in [7, 11) is -4.00. The molecule has 0 fully saturated rings. The highest BCUT2D eigenvalue weighted by molar-refractivity contribution is 8.03. The summed E-state index contributed by atoms with van der Waals surface area (Å²) < 4.78 is 30.8. The lowest BCUT2D eigenvalue weighted by molar-refractivity contribution is -0.114. The van der Waals surface area contributed by atoms with Gasteiger partial charge in [0.1, 0.15) is 6.04 Å². The summed E-state index contributed by atoms with van der Waals surface area (Å²) >= 11 is 1.46. The van der Waals surface area contributed by atoms with Crippen LogP contribution in [-0.2, 0) is 14.9 Å². The molecule has 0 bridgehead atoms. The van der Waals surface area contributed by atoms with Crippen LogP contribution < -0.4 is 4.90 Å². The lowest BCUT2D eigenvalue weighted by atomic mass is 10.1. The molecule has 1 amide bonds. The topological polar surface area (TPSA) is 99.4 Å². The van der Waals surface area contributed by atoms with E-state index in [-0.39, 0.29) is 24.1 Å². The van der Waals surface area contributed by atoms with E-state index >= 15 is 0 Å². The number of nitrogens with zero attached hydrogens (tertiary/aromatic N) is 3. The summed E-state index contributed by atoms with van der Waals surface area (Å²) in [5, 5.41) is 8.25. The second-order valence-electron chi connectivity index (χ2n) is 5.28. The molecule has 2 aliphatic rings. The zero-order chi connectivity index (χ0) is 16.6. The fraction of sp³-hybridized carbons (Fsp3) is 0.357. The molecule has 7 nitrogen and oxygen atoms in total. The zero-order valence-corrected chi connectivity index (χ0v) is 14.0. The van der Waals surface area contributed by atoms with Gasteiger partial charge in [-0.1, -0.05) is 23.9 Å². The largest absolute Gasteiger partial charge is 0.335 e. The van der Waals surface area contributed by atoms with Gasteiger partial charge in [-0.3, -0.25) is 9.35 Å². The van der Waals surface area contributed by atoms with Crippen LogP contribution in [0.4, 0.5) is 5.69 Å². The van der Waals surface area contributed by atoms with Crippen LogP contribution in [0.5, 0.6) is 0 Å². The van der Waals surface area contributed by atoms with Crippen LogP contribution in [0, 0.1) is 0 Å². The van der Waals surface area contributed by atoms with Crippen molar-refractivity contribution in [2.75, 3.05) is 17.2 Å². The maximum Gasteiger partial charge on any atom is 0.295 e. The van der Waals surface area contributed by atoms with E-state index in [1.165, 1.54) is 11.8 Å². The van der Waals surface area contributed by atoms with Crippen LogP contribution in [0.15, 0.2) is 50.0 Å². The number of hydrogen-bond donors (Lipinski definition) is 1. The van der Waals surface area contributed by atoms with E-state index in [0.717, 1.165) is 15.6 Å². The molecule has 0 aliphatic carbocycles. The summed E-state index contributed by atoms with van der Waals surface area (Å²) in [5.74, 6) is -0.676. The predicted molar refractivity (Wildman–Crippen MR) is 87.0 cm³/mol. The van der Waals surface area contributed by atoms with E-state index in [9.17, 15) is 13.2 Å². The molecule has 1 atom stereocenters. The molecule has 23 heavy (non-hydrogen) atoms. The van der Waals surface area contributed by atoms with Gasteiger partial charge in [0.15, 0.2) is 0 Å². The first-order valence-electron chi connectivity index (χ1n) is 7.06. The number of fused-ring (bicyclic) bond motifs is 1. The monoisotopic (exact) mass is 353 g/mol. The Bertz CT molecular complexity index is 817. The van der Waals surface area contributed by atoms with Gasteiger partial charge in [0.05, 0.1) is 22.0 Å². The first-order chi connectivity index (χ1) is 10.9. The van der Waals surface area contributed by atoms with Crippen molar-refractivity contribution in [3.8, 4) is 0 Å². The molecule has 1 unspecified atom stereocenters. The van der Waals surface area contributed by atoms with Gasteiger partial charge in [-0.05, 0) is 25.5 Å². The van der Waals surface area contributed by atoms with Gasteiger partial charge in [0, 0.05) is 11.4 Å². The van der Waals surface area contributed by atoms with Crippen molar-refractivity contribution in [3.05, 3.63) is 34.9 Å². The van der Waals surface area contributed by atoms with Crippen molar-refractivity contribution < 1.29 is 17.8 Å². The van der Waals surface area contributed by atoms with Crippen molar-refractivity contribution in [1.82, 2.24) is 0 Å². The summed E-state index contributed by atoms with van der Waals surface area (Å²) in [5.41, 5.74) is 1.44. The molecule has 0 aromatic heterocycles. The Morgan fingerprint density at radius 2 is 2.09 bits per heavy atom. The third-order valence-electron chi connectivity index (χ3n) is 3.59. The molecular formula is C14H15N3O4S2. The Hall–Kier alpha value is -1.71. The summed E-state index contributed by atoms with van der Waals surface area (Å²) in [6.07, 6.45) is 0.251. The van der Waals surface area contributed by atoms with Gasteiger partial charge in [-0.15, -0.1) is 5.11 Å². The van der Waals surface area contributed by atoms with Gasteiger partial charge in [0.2, 0.25) is 0 Å². The average Bonchev–Trinajstić information content (AvgIpc) is 2.98. The highest BCUT2D eigenvalue weighted by Crippen LogP contribution is 2.48. The number of hydrogen-bond acceptors (Lipinski definition) is 6. The van der Waals surface area contributed by atoms with Crippen LogP contribution in [-0.4, -0.2) is 37.2 Å². The number of azo groups is 1. The van der Waals surface area contributed by atoms with Gasteiger partial charge in [-0.25, -0.2) is 0 Å². The SMILES string of the molecule is CC1N=NC(=O)C1=C1Sc2ccccc2N1CCCS(=O)(=O)O. The second kappa shape index (κ2) is 6.06. The first kappa shape index (κ1) is 16.2. The summed E-state index contributed by atoms with van der Waals surface area (Å²) in [4.78, 5) is 14.9. The molecule has 2 heterocycles. The molecular weight excluding hydrogens is 338 g/mol. The molecule has 0 spiro atoms. The third-order valence-corrected chi connectivity index (χ3v) is 5.60. The number of para-hydroxylation sites is 1. The van der Waals surface area contributed by atoms with E-state index in [1.807, 2.05) is 29.2 Å². The molecule has 1 N–H and O–H groups in total. The predicted octanol–water partition coefficient (Wildman–Crippen LogP) is 2.47. The normalized spacial score (nSPS) is 23.7. The van der Waals surface area contributed by atoms with E-state index < -0.39 is 10.1 Å². The average molecular weight is 353 g/mol. The minimum absolute atomic E-state index is 0.251. The zero-order valence-electron chi connectivity index (χ0n) is 12.3. The quantitative estimate of drug-likeness (QED) is 0.659. The minimum Gasteiger partial charge on any atom is -0.335 e. The molecule has 0 saturated carbocycles. The molecule has 0 radical (unpaired) electrons. The van der Waals surface area contributed by atoms with E-state index in [0.29, 0.717) is 12.1 Å². The number of rotatable bonds is 4. The number of carbonyl (C=O) groups excluding carboxylic acids is 1. The third kappa shape index (κ3) is 3.31. The second-order valence-corrected chi connectivity index (χ2v) is 7.88. The van der Waals surface area contributed by atoms with Gasteiger partial charge in [-0.2, -0.15) is 13.5 Å². The van der Waals surface area contributed by atoms with Crippen LogP contribution >= 0.6 is 11.8 Å². The smallest absolute Gasteiger partial charge is 0.295 e. The molecule has 2 aliphatic heterocycles. The van der Waals surface area contributed by atoms with Crippen LogP contribution in [0.25, 0.3) is 0 Å². The molecule has 9 heteroatoms. The van der Waals surface area contributed by atoms with Crippen molar-refractivity contribution in [3.63, 3.8) is 0 Å². The van der Waals surface area contributed by atoms with E-state index in [4.69, 9.17) is 4.55 Å². The Morgan fingerprint density at radius 3 is 2.74 bits per heavy atom. The molecule has 0 saturated heterocycles. The minimum atomic E-state index is -4.00. The maximum atomic E-state index is 12.0. The fourth-order valence-corrected chi connectivity index (χ4v) is 4.36. The van der Waals surface area contributed by atoms with Crippen molar-refractivity contribution >= 4 is 33.5 Å². The summed E-state index contributed by atoms with van der Waals surface area (Å²) in [6, 6.07) is 7.34. The first-order valence-corrected chi connectivity index (χ1v) is 9.48. The Balaban J connectivity index is 1.94. The van der Waals surface area contributed by atoms with Crippen LogP contribution in [0.3, 0.4) is 0 Å². The van der Waals surface area contributed by atoms with Gasteiger partial charge >= 0.3 is 0 Å². The fourth-order valence-electron chi connectivity index (χ4n) is 2.56. The van der Waals surface area contributed by atoms with Crippen molar-refractivity contribution in [2.45, 2.75) is 24.3 Å². The number of amides is 1. The molecule has 3 rings (SSSR count). The standard InChI is InChI=1S/C14H15N3O4S2/c1-9-12(13(18)16-15-9)14-17(7-4-8-23(19,20)21)10-5-2-3-6-11(10)22-14/h2-3,5-6,9H,4,7-8H2,1H3,(H,19,20,21). The van der Waals surface area contributed by atoms with Crippen molar-refractivity contribution in [1.29, 1.82) is 0 Å². The van der Waals surface area contributed by atoms with E-state index in [1.54, 1.807) is 6.92 Å². The lowest BCUT2D eigenvalue weighted by Crippen LogP contribution is -2.25. The van der Waals surface area contributed by atoms with Crippen LogP contribution in [0.1, 0.15) is 13.3 Å². The number of carbonyl (C=O) groups is 1. The number of benzene rings is 1. The highest BCUT2D eigenvalue weighted by Gasteiger charge is 2.34. The van der Waals surface area contributed by atoms with Crippen molar-refractivity contribution in [2.24, 2.45) is 10.2 Å². The molecule has 122 valence electrons. The lowest BCUT2D eigenvalue weighted by Gasteiger charge is -2.22. The highest BCUT2D eigenvalue weighted by atomic mass is 32.2. The van der Waals surface area contributed by atoms with Gasteiger partial charge < -0.3 is 4.90 Å². The Labute approximate surface area is 138 Å². The number of thioether (sulfide) groups is 1. The Morgan fingerprint density at radius 1 is 1.35 bits per heavy atom. The molecule has 1 aromatic rings. The molecule has 1 aromatic carbocycles. The summed E-state index contributed by atoms with van der Waals surface area (Å²) in [6.45, 7) is 2.18. The maximum absolute atomic E-state index is 12.0. The number of anilines is 1. The van der Waals surface area contributed by atoms with Crippen LogP contribution in [0.2, 0.25) is 0 Å². The van der Waals surface area contributed by atoms with E-state index in [2.05, 4.69) is 10.2 Å². The Kier molecular flexibility index (Phi) is 4.26.